The van der Waals surface area contributed by atoms with Crippen molar-refractivity contribution in [2.45, 2.75) is 52.1 Å². The van der Waals surface area contributed by atoms with E-state index in [9.17, 15) is 0 Å². The molecule has 1 fully saturated rings. The fourth-order valence-corrected chi connectivity index (χ4v) is 2.58. The number of hydrogen-bond acceptors (Lipinski definition) is 3. The molecular formula is C14H30N2O. The largest absolute Gasteiger partial charge is 0.377 e. The van der Waals surface area contributed by atoms with Gasteiger partial charge in [-0.15, -0.1) is 0 Å². The summed E-state index contributed by atoms with van der Waals surface area (Å²) in [5.41, 5.74) is 5.65. The average Bonchev–Trinajstić information content (AvgIpc) is 2.80. The standard InChI is InChI=1S/C14H30N2O/c1-12(2)13(7-8-15)5-3-9-16-11-14-6-4-10-17-14/h12-14,16H,3-11,15H2,1-2H3. The smallest absolute Gasteiger partial charge is 0.0700 e. The van der Waals surface area contributed by atoms with Gasteiger partial charge in [0.05, 0.1) is 6.10 Å². The SMILES string of the molecule is CC(C)C(CCN)CCCNCC1CCCO1. The van der Waals surface area contributed by atoms with Crippen LogP contribution in [0.15, 0.2) is 0 Å². The van der Waals surface area contributed by atoms with Crippen LogP contribution in [0, 0.1) is 11.8 Å². The number of hydrogen-bond donors (Lipinski definition) is 2. The molecule has 3 N–H and O–H groups in total. The van der Waals surface area contributed by atoms with Crippen LogP contribution in [0.5, 0.6) is 0 Å². The van der Waals surface area contributed by atoms with E-state index in [2.05, 4.69) is 19.2 Å². The monoisotopic (exact) mass is 242 g/mol. The maximum atomic E-state index is 5.65. The summed E-state index contributed by atoms with van der Waals surface area (Å²) < 4.78 is 5.58. The molecule has 0 aliphatic carbocycles. The van der Waals surface area contributed by atoms with Gasteiger partial charge in [0.15, 0.2) is 0 Å². The minimum Gasteiger partial charge on any atom is -0.377 e. The molecule has 0 aromatic heterocycles. The Morgan fingerprint density at radius 2 is 2.18 bits per heavy atom. The molecule has 0 saturated carbocycles. The van der Waals surface area contributed by atoms with Crippen LogP contribution >= 0.6 is 0 Å². The van der Waals surface area contributed by atoms with Gasteiger partial charge in [0, 0.05) is 13.2 Å². The Morgan fingerprint density at radius 3 is 2.76 bits per heavy atom. The van der Waals surface area contributed by atoms with E-state index in [1.165, 1.54) is 32.1 Å². The van der Waals surface area contributed by atoms with E-state index >= 15 is 0 Å². The lowest BCUT2D eigenvalue weighted by atomic mass is 9.88. The second-order valence-electron chi connectivity index (χ2n) is 5.56. The summed E-state index contributed by atoms with van der Waals surface area (Å²) in [7, 11) is 0. The Kier molecular flexibility index (Phi) is 7.82. The highest BCUT2D eigenvalue weighted by Crippen LogP contribution is 2.20. The van der Waals surface area contributed by atoms with Crippen molar-refractivity contribution in [1.82, 2.24) is 5.32 Å². The maximum Gasteiger partial charge on any atom is 0.0700 e. The van der Waals surface area contributed by atoms with Crippen LogP contribution in [-0.2, 0) is 4.74 Å². The lowest BCUT2D eigenvalue weighted by Gasteiger charge is -2.20. The van der Waals surface area contributed by atoms with Crippen LogP contribution < -0.4 is 11.1 Å². The molecule has 1 rings (SSSR count). The second-order valence-corrected chi connectivity index (χ2v) is 5.56. The van der Waals surface area contributed by atoms with Gasteiger partial charge < -0.3 is 15.8 Å². The fourth-order valence-electron chi connectivity index (χ4n) is 2.58. The Bertz CT molecular complexity index is 179. The zero-order valence-corrected chi connectivity index (χ0v) is 11.6. The first-order chi connectivity index (χ1) is 8.24. The first kappa shape index (κ1) is 14.9. The first-order valence-corrected chi connectivity index (χ1v) is 7.26. The van der Waals surface area contributed by atoms with Gasteiger partial charge in [-0.3, -0.25) is 0 Å². The minimum absolute atomic E-state index is 0.472. The summed E-state index contributed by atoms with van der Waals surface area (Å²) in [5.74, 6) is 1.56. The van der Waals surface area contributed by atoms with Crippen molar-refractivity contribution >= 4 is 0 Å². The summed E-state index contributed by atoms with van der Waals surface area (Å²) in [6.07, 6.45) is 6.67. The van der Waals surface area contributed by atoms with Gasteiger partial charge in [-0.1, -0.05) is 13.8 Å². The molecule has 1 heterocycles. The van der Waals surface area contributed by atoms with Crippen molar-refractivity contribution in [2.75, 3.05) is 26.2 Å². The highest BCUT2D eigenvalue weighted by molar-refractivity contribution is 4.68. The molecule has 1 aliphatic heterocycles. The van der Waals surface area contributed by atoms with Crippen molar-refractivity contribution in [3.63, 3.8) is 0 Å². The van der Waals surface area contributed by atoms with Crippen LogP contribution in [0.3, 0.4) is 0 Å². The zero-order valence-electron chi connectivity index (χ0n) is 11.6. The predicted molar refractivity (Wildman–Crippen MR) is 73.1 cm³/mol. The average molecular weight is 242 g/mol. The Morgan fingerprint density at radius 1 is 1.35 bits per heavy atom. The number of nitrogens with two attached hydrogens (primary N) is 1. The molecule has 2 atom stereocenters. The Hall–Kier alpha value is -0.120. The summed E-state index contributed by atoms with van der Waals surface area (Å²) in [6, 6.07) is 0. The Balaban J connectivity index is 1.97. The third-order valence-corrected chi connectivity index (χ3v) is 3.80. The van der Waals surface area contributed by atoms with Crippen LogP contribution in [0.25, 0.3) is 0 Å². The molecule has 2 unspecified atom stereocenters. The van der Waals surface area contributed by atoms with Gasteiger partial charge in [-0.05, 0) is 57.0 Å². The van der Waals surface area contributed by atoms with Gasteiger partial charge in [0.2, 0.25) is 0 Å². The molecule has 3 nitrogen and oxygen atoms in total. The van der Waals surface area contributed by atoms with E-state index in [1.54, 1.807) is 0 Å². The fraction of sp³-hybridized carbons (Fsp3) is 1.00. The number of nitrogens with one attached hydrogen (secondary N) is 1. The molecule has 0 radical (unpaired) electrons. The topological polar surface area (TPSA) is 47.3 Å². The quantitative estimate of drug-likeness (QED) is 0.609. The van der Waals surface area contributed by atoms with E-state index in [4.69, 9.17) is 10.5 Å². The normalized spacial score (nSPS) is 22.2. The van der Waals surface area contributed by atoms with Gasteiger partial charge in [0.25, 0.3) is 0 Å². The minimum atomic E-state index is 0.472. The van der Waals surface area contributed by atoms with Gasteiger partial charge in [-0.2, -0.15) is 0 Å². The molecule has 17 heavy (non-hydrogen) atoms. The molecular weight excluding hydrogens is 212 g/mol. The van der Waals surface area contributed by atoms with Crippen LogP contribution in [-0.4, -0.2) is 32.3 Å². The molecule has 102 valence electrons. The van der Waals surface area contributed by atoms with E-state index in [0.29, 0.717) is 6.10 Å². The highest BCUT2D eigenvalue weighted by Gasteiger charge is 2.15. The van der Waals surface area contributed by atoms with Crippen LogP contribution in [0.2, 0.25) is 0 Å². The molecule has 1 saturated heterocycles. The van der Waals surface area contributed by atoms with Gasteiger partial charge >= 0.3 is 0 Å². The van der Waals surface area contributed by atoms with Gasteiger partial charge in [0.1, 0.15) is 0 Å². The maximum absolute atomic E-state index is 5.65. The lowest BCUT2D eigenvalue weighted by Crippen LogP contribution is -2.27. The summed E-state index contributed by atoms with van der Waals surface area (Å²) >= 11 is 0. The molecule has 1 aliphatic rings. The second kappa shape index (κ2) is 8.90. The third kappa shape index (κ3) is 6.39. The summed E-state index contributed by atoms with van der Waals surface area (Å²) in [5, 5.41) is 3.51. The van der Waals surface area contributed by atoms with E-state index in [0.717, 1.165) is 38.1 Å². The Labute approximate surface area is 106 Å². The highest BCUT2D eigenvalue weighted by atomic mass is 16.5. The molecule has 0 aromatic rings. The molecule has 0 bridgehead atoms. The third-order valence-electron chi connectivity index (χ3n) is 3.80. The van der Waals surface area contributed by atoms with Gasteiger partial charge in [-0.25, -0.2) is 0 Å². The molecule has 0 amide bonds. The van der Waals surface area contributed by atoms with Crippen molar-refractivity contribution < 1.29 is 4.74 Å². The zero-order chi connectivity index (χ0) is 12.5. The molecule has 3 heteroatoms. The van der Waals surface area contributed by atoms with Crippen LogP contribution in [0.4, 0.5) is 0 Å². The summed E-state index contributed by atoms with van der Waals surface area (Å²) in [6.45, 7) is 8.54. The van der Waals surface area contributed by atoms with Crippen molar-refractivity contribution in [2.24, 2.45) is 17.6 Å². The van der Waals surface area contributed by atoms with Crippen LogP contribution in [0.1, 0.15) is 46.0 Å². The number of ether oxygens (including phenoxy) is 1. The van der Waals surface area contributed by atoms with Crippen molar-refractivity contribution in [1.29, 1.82) is 0 Å². The van der Waals surface area contributed by atoms with Crippen molar-refractivity contribution in [3.05, 3.63) is 0 Å². The predicted octanol–water partition coefficient (Wildman–Crippen LogP) is 2.16. The van der Waals surface area contributed by atoms with E-state index < -0.39 is 0 Å². The van der Waals surface area contributed by atoms with E-state index in [1.807, 2.05) is 0 Å². The molecule has 0 aromatic carbocycles. The number of rotatable bonds is 9. The first-order valence-electron chi connectivity index (χ1n) is 7.26. The van der Waals surface area contributed by atoms with E-state index in [-0.39, 0.29) is 0 Å². The molecule has 0 spiro atoms. The summed E-state index contributed by atoms with van der Waals surface area (Å²) in [4.78, 5) is 0. The van der Waals surface area contributed by atoms with Crippen molar-refractivity contribution in [3.8, 4) is 0 Å². The lowest BCUT2D eigenvalue weighted by molar-refractivity contribution is 0.110.